The number of aliphatic carboxylic acids is 1. The monoisotopic (exact) mass is 376 g/mol. The van der Waals surface area contributed by atoms with Crippen molar-refractivity contribution in [3.8, 4) is 0 Å². The number of likely N-dealkylation sites (tertiary alicyclic amines) is 1. The van der Waals surface area contributed by atoms with Gasteiger partial charge in [-0.2, -0.15) is 0 Å². The van der Waals surface area contributed by atoms with Crippen molar-refractivity contribution in [3.63, 3.8) is 0 Å². The van der Waals surface area contributed by atoms with Gasteiger partial charge in [0.05, 0.1) is 0 Å². The topological polar surface area (TPSA) is 95.9 Å². The second-order valence-electron chi connectivity index (χ2n) is 8.08. The fourth-order valence-corrected chi connectivity index (χ4v) is 3.02. The lowest BCUT2D eigenvalue weighted by Gasteiger charge is -2.39. The Kier molecular flexibility index (Phi) is 6.13. The lowest BCUT2D eigenvalue weighted by molar-refractivity contribution is -0.142. The predicted octanol–water partition coefficient (Wildman–Crippen LogP) is 2.80. The van der Waals surface area contributed by atoms with Gasteiger partial charge in [-0.15, -0.1) is 0 Å². The van der Waals surface area contributed by atoms with E-state index in [4.69, 9.17) is 4.74 Å². The zero-order valence-corrected chi connectivity index (χ0v) is 16.5. The van der Waals surface area contributed by atoms with Gasteiger partial charge >= 0.3 is 12.1 Å². The Hall–Kier alpha value is -2.57. The molecule has 2 rings (SSSR count). The fraction of sp³-hybridized carbons (Fsp3) is 0.550. The van der Waals surface area contributed by atoms with Crippen LogP contribution in [-0.2, 0) is 14.3 Å². The molecule has 0 bridgehead atoms. The molecule has 1 saturated heterocycles. The largest absolute Gasteiger partial charge is 0.479 e. The molecular formula is C20H28N2O5. The van der Waals surface area contributed by atoms with E-state index in [0.717, 1.165) is 11.1 Å². The van der Waals surface area contributed by atoms with Crippen LogP contribution in [-0.4, -0.2) is 46.7 Å². The normalized spacial score (nSPS) is 15.7. The van der Waals surface area contributed by atoms with Crippen molar-refractivity contribution in [2.45, 2.75) is 52.7 Å². The molecule has 1 aliphatic heterocycles. The number of ether oxygens (including phenoxy) is 1. The maximum atomic E-state index is 12.3. The van der Waals surface area contributed by atoms with Gasteiger partial charge in [-0.1, -0.05) is 18.2 Å². The molecule has 1 aromatic rings. The average molecular weight is 376 g/mol. The molecule has 1 fully saturated rings. The fourth-order valence-electron chi connectivity index (χ4n) is 3.02. The second kappa shape index (κ2) is 7.98. The highest BCUT2D eigenvalue weighted by atomic mass is 16.6. The number of rotatable bonds is 5. The van der Waals surface area contributed by atoms with Gasteiger partial charge in [0.1, 0.15) is 5.60 Å². The Bertz CT molecular complexity index is 732. The summed E-state index contributed by atoms with van der Waals surface area (Å²) < 4.78 is 5.28. The number of benzene rings is 1. The third-order valence-electron chi connectivity index (χ3n) is 4.59. The van der Waals surface area contributed by atoms with Crippen LogP contribution in [0.4, 0.5) is 4.79 Å². The summed E-state index contributed by atoms with van der Waals surface area (Å²) in [6, 6.07) is 4.32. The third-order valence-corrected chi connectivity index (χ3v) is 4.59. The summed E-state index contributed by atoms with van der Waals surface area (Å²) in [5.74, 6) is -1.43. The van der Waals surface area contributed by atoms with Gasteiger partial charge in [0.2, 0.25) is 5.91 Å². The van der Waals surface area contributed by atoms with Crippen molar-refractivity contribution in [3.05, 3.63) is 34.9 Å². The van der Waals surface area contributed by atoms with Gasteiger partial charge in [-0.05, 0) is 51.3 Å². The standard InChI is InChI=1S/C20H28N2O5/c1-12-7-6-8-15(13(12)2)17(18(24)25)21-16(23)9-14-10-22(11-14)19(26)27-20(3,4)5/h6-8,14,17H,9-11H2,1-5H3,(H,21,23)(H,24,25). The number of nitrogens with zero attached hydrogens (tertiary/aromatic N) is 1. The van der Waals surface area contributed by atoms with Crippen LogP contribution in [0.3, 0.4) is 0 Å². The molecule has 148 valence electrons. The molecule has 0 radical (unpaired) electrons. The number of hydrogen-bond acceptors (Lipinski definition) is 4. The first-order valence-electron chi connectivity index (χ1n) is 9.04. The average Bonchev–Trinajstić information content (AvgIpc) is 2.49. The predicted molar refractivity (Wildman–Crippen MR) is 100 cm³/mol. The van der Waals surface area contributed by atoms with E-state index in [1.165, 1.54) is 0 Å². The molecule has 27 heavy (non-hydrogen) atoms. The molecule has 7 heteroatoms. The highest BCUT2D eigenvalue weighted by molar-refractivity contribution is 5.85. The SMILES string of the molecule is Cc1cccc(C(NC(=O)CC2CN(C(=O)OC(C)(C)C)C2)C(=O)O)c1C. The molecule has 2 amide bonds. The number of amides is 2. The molecule has 1 aliphatic rings. The van der Waals surface area contributed by atoms with E-state index < -0.39 is 23.7 Å². The molecule has 1 unspecified atom stereocenters. The Balaban J connectivity index is 1.90. The van der Waals surface area contributed by atoms with E-state index in [1.807, 2.05) is 19.9 Å². The Morgan fingerprint density at radius 3 is 2.44 bits per heavy atom. The van der Waals surface area contributed by atoms with Crippen LogP contribution in [0.25, 0.3) is 0 Å². The van der Waals surface area contributed by atoms with Gasteiger partial charge in [0.25, 0.3) is 0 Å². The van der Waals surface area contributed by atoms with Gasteiger partial charge < -0.3 is 20.1 Å². The number of nitrogens with one attached hydrogen (secondary N) is 1. The van der Waals surface area contributed by atoms with Crippen LogP contribution < -0.4 is 5.32 Å². The summed E-state index contributed by atoms with van der Waals surface area (Å²) in [4.78, 5) is 37.4. The molecule has 0 aliphatic carbocycles. The highest BCUT2D eigenvalue weighted by Crippen LogP contribution is 2.24. The first kappa shape index (κ1) is 20.7. The molecule has 0 spiro atoms. The quantitative estimate of drug-likeness (QED) is 0.824. The van der Waals surface area contributed by atoms with E-state index >= 15 is 0 Å². The van der Waals surface area contributed by atoms with Crippen LogP contribution in [0.1, 0.15) is 49.9 Å². The Labute approximate surface area is 159 Å². The van der Waals surface area contributed by atoms with Crippen LogP contribution in [0.5, 0.6) is 0 Å². The molecule has 7 nitrogen and oxygen atoms in total. The summed E-state index contributed by atoms with van der Waals surface area (Å²) in [5.41, 5.74) is 1.85. The van der Waals surface area contributed by atoms with Gasteiger partial charge in [-0.3, -0.25) is 4.79 Å². The first-order chi connectivity index (χ1) is 12.5. The second-order valence-corrected chi connectivity index (χ2v) is 8.08. The minimum Gasteiger partial charge on any atom is -0.479 e. The van der Waals surface area contributed by atoms with Crippen LogP contribution >= 0.6 is 0 Å². The lowest BCUT2D eigenvalue weighted by Crippen LogP contribution is -2.52. The van der Waals surface area contributed by atoms with Crippen molar-refractivity contribution in [1.29, 1.82) is 0 Å². The zero-order valence-electron chi connectivity index (χ0n) is 16.5. The van der Waals surface area contributed by atoms with Gasteiger partial charge in [-0.25, -0.2) is 9.59 Å². The number of carbonyl (C=O) groups is 3. The highest BCUT2D eigenvalue weighted by Gasteiger charge is 2.35. The van der Waals surface area contributed by atoms with Gasteiger partial charge in [0, 0.05) is 25.4 Å². The van der Waals surface area contributed by atoms with E-state index in [1.54, 1.807) is 37.8 Å². The van der Waals surface area contributed by atoms with Crippen molar-refractivity contribution in [2.24, 2.45) is 5.92 Å². The number of hydrogen-bond donors (Lipinski definition) is 2. The number of carbonyl (C=O) groups excluding carboxylic acids is 2. The van der Waals surface area contributed by atoms with Crippen LogP contribution in [0.2, 0.25) is 0 Å². The Morgan fingerprint density at radius 1 is 1.26 bits per heavy atom. The van der Waals surface area contributed by atoms with E-state index in [9.17, 15) is 19.5 Å². The number of carboxylic acid groups (broad SMARTS) is 1. The zero-order chi connectivity index (χ0) is 20.4. The van der Waals surface area contributed by atoms with Crippen molar-refractivity contribution < 1.29 is 24.2 Å². The van der Waals surface area contributed by atoms with E-state index in [2.05, 4.69) is 5.32 Å². The summed E-state index contributed by atoms with van der Waals surface area (Å²) in [5, 5.41) is 12.1. The lowest BCUT2D eigenvalue weighted by atomic mass is 9.94. The minimum atomic E-state index is -1.10. The third kappa shape index (κ3) is 5.45. The first-order valence-corrected chi connectivity index (χ1v) is 9.04. The van der Waals surface area contributed by atoms with Crippen molar-refractivity contribution in [2.75, 3.05) is 13.1 Å². The maximum absolute atomic E-state index is 12.3. The summed E-state index contributed by atoms with van der Waals surface area (Å²) in [6.45, 7) is 10.0. The summed E-state index contributed by atoms with van der Waals surface area (Å²) >= 11 is 0. The van der Waals surface area contributed by atoms with Crippen molar-refractivity contribution >= 4 is 18.0 Å². The summed E-state index contributed by atoms with van der Waals surface area (Å²) in [7, 11) is 0. The molecule has 0 aromatic heterocycles. The Morgan fingerprint density at radius 2 is 1.89 bits per heavy atom. The molecule has 1 heterocycles. The maximum Gasteiger partial charge on any atom is 0.410 e. The molecule has 2 N–H and O–H groups in total. The number of carboxylic acids is 1. The molecule has 1 aromatic carbocycles. The van der Waals surface area contributed by atoms with Crippen LogP contribution in [0.15, 0.2) is 18.2 Å². The van der Waals surface area contributed by atoms with E-state index in [-0.39, 0.29) is 18.2 Å². The van der Waals surface area contributed by atoms with Crippen LogP contribution in [0, 0.1) is 19.8 Å². The smallest absolute Gasteiger partial charge is 0.410 e. The summed E-state index contributed by atoms with van der Waals surface area (Å²) in [6.07, 6.45) is -0.216. The molecule has 1 atom stereocenters. The van der Waals surface area contributed by atoms with E-state index in [0.29, 0.717) is 18.7 Å². The van der Waals surface area contributed by atoms with Gasteiger partial charge in [0.15, 0.2) is 6.04 Å². The minimum absolute atomic E-state index is 0.00516. The number of aryl methyl sites for hydroxylation is 1. The van der Waals surface area contributed by atoms with Crippen molar-refractivity contribution in [1.82, 2.24) is 10.2 Å². The molecule has 0 saturated carbocycles. The molecular weight excluding hydrogens is 348 g/mol.